The van der Waals surface area contributed by atoms with Crippen LogP contribution in [0.15, 0.2) is 18.2 Å². The first kappa shape index (κ1) is 21.4. The van der Waals surface area contributed by atoms with Crippen LogP contribution in [0.3, 0.4) is 0 Å². The maximum Gasteiger partial charge on any atom is 0.232 e. The van der Waals surface area contributed by atoms with Crippen LogP contribution >= 0.6 is 11.8 Å². The zero-order chi connectivity index (χ0) is 21.3. The molecule has 0 aromatic heterocycles. The van der Waals surface area contributed by atoms with Gasteiger partial charge in [-0.05, 0) is 50.8 Å². The van der Waals surface area contributed by atoms with E-state index in [9.17, 15) is 4.79 Å². The number of fused-ring (bicyclic) bond motifs is 1. The van der Waals surface area contributed by atoms with E-state index in [1.54, 1.807) is 11.8 Å². The lowest BCUT2D eigenvalue weighted by Crippen LogP contribution is -2.47. The summed E-state index contributed by atoms with van der Waals surface area (Å²) >= 11 is 1.76. The molecule has 0 N–H and O–H groups in total. The average Bonchev–Trinajstić information content (AvgIpc) is 3.43. The second kappa shape index (κ2) is 8.83. The quantitative estimate of drug-likeness (QED) is 0.670. The summed E-state index contributed by atoms with van der Waals surface area (Å²) < 4.78 is 23.9. The molecule has 6 nitrogen and oxygen atoms in total. The number of hydrogen-bond acceptors (Lipinski definition) is 6. The van der Waals surface area contributed by atoms with E-state index in [0.29, 0.717) is 38.7 Å². The molecule has 1 atom stereocenters. The van der Waals surface area contributed by atoms with Gasteiger partial charge >= 0.3 is 0 Å². The van der Waals surface area contributed by atoms with Crippen LogP contribution < -0.4 is 9.47 Å². The van der Waals surface area contributed by atoms with Gasteiger partial charge in [-0.2, -0.15) is 0 Å². The predicted octanol–water partition coefficient (Wildman–Crippen LogP) is 4.32. The molecule has 1 amide bonds. The number of thioether (sulfide) groups is 1. The molecule has 0 radical (unpaired) electrons. The lowest BCUT2D eigenvalue weighted by molar-refractivity contribution is -0.186. The molecule has 0 bridgehead atoms. The zero-order valence-electron chi connectivity index (χ0n) is 18.4. The number of carbonyl (C=O) groups is 1. The maximum absolute atomic E-state index is 13.0. The van der Waals surface area contributed by atoms with Gasteiger partial charge < -0.3 is 23.8 Å². The van der Waals surface area contributed by atoms with Crippen LogP contribution in [0.4, 0.5) is 0 Å². The van der Waals surface area contributed by atoms with Crippen LogP contribution in [0, 0.1) is 0 Å². The smallest absolute Gasteiger partial charge is 0.232 e. The van der Waals surface area contributed by atoms with Gasteiger partial charge in [0.2, 0.25) is 5.91 Å². The summed E-state index contributed by atoms with van der Waals surface area (Å²) in [6.45, 7) is 5.39. The number of rotatable bonds is 5. The lowest BCUT2D eigenvalue weighted by atomic mass is 9.89. The Balaban J connectivity index is 1.25. The van der Waals surface area contributed by atoms with Gasteiger partial charge in [0.1, 0.15) is 17.1 Å². The number of likely N-dealkylation sites (tertiary alicyclic amines) is 1. The zero-order valence-corrected chi connectivity index (χ0v) is 19.2. The molecule has 4 aliphatic rings. The fourth-order valence-corrected chi connectivity index (χ4v) is 6.78. The molecule has 5 rings (SSSR count). The molecule has 3 heterocycles. The van der Waals surface area contributed by atoms with Crippen molar-refractivity contribution in [2.24, 2.45) is 0 Å². The van der Waals surface area contributed by atoms with Crippen molar-refractivity contribution < 1.29 is 23.7 Å². The molecular formula is C24H33NO5S. The van der Waals surface area contributed by atoms with Crippen molar-refractivity contribution in [3.05, 3.63) is 23.8 Å². The van der Waals surface area contributed by atoms with Crippen molar-refractivity contribution in [3.8, 4) is 11.5 Å². The first-order valence-electron chi connectivity index (χ1n) is 11.7. The molecule has 2 spiro atoms. The Labute approximate surface area is 188 Å². The summed E-state index contributed by atoms with van der Waals surface area (Å²) in [6, 6.07) is 6.17. The fraction of sp³-hybridized carbons (Fsp3) is 0.708. The van der Waals surface area contributed by atoms with E-state index in [4.69, 9.17) is 18.9 Å². The number of benzene rings is 1. The summed E-state index contributed by atoms with van der Waals surface area (Å²) in [5.74, 6) is 2.12. The third-order valence-corrected chi connectivity index (χ3v) is 8.37. The van der Waals surface area contributed by atoms with Gasteiger partial charge in [-0.3, -0.25) is 4.79 Å². The molecule has 1 aliphatic carbocycles. The van der Waals surface area contributed by atoms with Crippen LogP contribution in [0.5, 0.6) is 11.5 Å². The monoisotopic (exact) mass is 447 g/mol. The van der Waals surface area contributed by atoms with E-state index in [1.165, 1.54) is 18.4 Å². The Hall–Kier alpha value is -1.44. The highest BCUT2D eigenvalue weighted by atomic mass is 32.2. The van der Waals surface area contributed by atoms with Gasteiger partial charge in [0.15, 0.2) is 5.79 Å². The molecule has 2 saturated heterocycles. The van der Waals surface area contributed by atoms with Gasteiger partial charge in [-0.25, -0.2) is 0 Å². The van der Waals surface area contributed by atoms with Crippen LogP contribution in [-0.4, -0.2) is 60.9 Å². The fourth-order valence-electron chi connectivity index (χ4n) is 5.47. The molecule has 1 aromatic carbocycles. The highest BCUT2D eigenvalue weighted by Gasteiger charge is 2.44. The van der Waals surface area contributed by atoms with Crippen LogP contribution in [0.25, 0.3) is 0 Å². The minimum atomic E-state index is -0.436. The van der Waals surface area contributed by atoms with Crippen molar-refractivity contribution >= 4 is 17.7 Å². The third kappa shape index (κ3) is 4.41. The van der Waals surface area contributed by atoms with Gasteiger partial charge in [0.05, 0.1) is 25.6 Å². The van der Waals surface area contributed by atoms with Gasteiger partial charge in [0.25, 0.3) is 0 Å². The largest absolute Gasteiger partial charge is 0.494 e. The van der Waals surface area contributed by atoms with Gasteiger partial charge in [0, 0.05) is 43.2 Å². The standard InChI is InChI=1S/C24H33NO5S/c1-2-27-18-5-6-20-19(15-18)21(16-23(30-20)7-3-4-8-23)31-17-22(26)25-11-9-24(10-12-25)28-13-14-29-24/h5-6,15,21H,2-4,7-14,16-17H2,1H3. The van der Waals surface area contributed by atoms with Crippen molar-refractivity contribution in [2.75, 3.05) is 38.7 Å². The molecule has 1 aromatic rings. The average molecular weight is 448 g/mol. The second-order valence-electron chi connectivity index (χ2n) is 9.12. The minimum absolute atomic E-state index is 0.0600. The summed E-state index contributed by atoms with van der Waals surface area (Å²) in [6.07, 6.45) is 7.18. The molecule has 1 unspecified atom stereocenters. The number of carbonyl (C=O) groups excluding carboxylic acids is 1. The van der Waals surface area contributed by atoms with E-state index >= 15 is 0 Å². The van der Waals surface area contributed by atoms with E-state index in [-0.39, 0.29) is 16.8 Å². The Morgan fingerprint density at radius 2 is 1.90 bits per heavy atom. The summed E-state index contributed by atoms with van der Waals surface area (Å²) in [5, 5.41) is 0.254. The van der Waals surface area contributed by atoms with Crippen LogP contribution in [0.2, 0.25) is 0 Å². The molecule has 7 heteroatoms. The first-order chi connectivity index (χ1) is 15.1. The summed E-state index contributed by atoms with van der Waals surface area (Å²) in [7, 11) is 0. The Morgan fingerprint density at radius 3 is 2.61 bits per heavy atom. The van der Waals surface area contributed by atoms with Gasteiger partial charge in [-0.15, -0.1) is 11.8 Å². The number of piperidine rings is 1. The van der Waals surface area contributed by atoms with Crippen molar-refractivity contribution in [1.82, 2.24) is 4.90 Å². The van der Waals surface area contributed by atoms with E-state index in [1.807, 2.05) is 17.9 Å². The predicted molar refractivity (Wildman–Crippen MR) is 120 cm³/mol. The van der Waals surface area contributed by atoms with Crippen molar-refractivity contribution in [2.45, 2.75) is 68.5 Å². The lowest BCUT2D eigenvalue weighted by Gasteiger charge is -2.40. The van der Waals surface area contributed by atoms with E-state index in [0.717, 1.165) is 43.6 Å². The van der Waals surface area contributed by atoms with Gasteiger partial charge in [-0.1, -0.05) is 0 Å². The molecule has 170 valence electrons. The second-order valence-corrected chi connectivity index (χ2v) is 10.3. The highest BCUT2D eigenvalue weighted by Crippen LogP contribution is 2.52. The number of amides is 1. The Bertz CT molecular complexity index is 793. The molecule has 3 aliphatic heterocycles. The van der Waals surface area contributed by atoms with Crippen LogP contribution in [0.1, 0.15) is 62.7 Å². The number of hydrogen-bond donors (Lipinski definition) is 0. The van der Waals surface area contributed by atoms with Crippen LogP contribution in [-0.2, 0) is 14.3 Å². The maximum atomic E-state index is 13.0. The molecule has 31 heavy (non-hydrogen) atoms. The number of ether oxygens (including phenoxy) is 4. The van der Waals surface area contributed by atoms with Crippen molar-refractivity contribution in [1.29, 1.82) is 0 Å². The SMILES string of the molecule is CCOc1ccc2c(c1)C(SCC(=O)N1CCC3(CC1)OCCO3)CC1(CCCC1)O2. The highest BCUT2D eigenvalue weighted by molar-refractivity contribution is 8.00. The Kier molecular flexibility index (Phi) is 6.10. The minimum Gasteiger partial charge on any atom is -0.494 e. The summed E-state index contributed by atoms with van der Waals surface area (Å²) in [4.78, 5) is 15.0. The topological polar surface area (TPSA) is 57.2 Å². The third-order valence-electron chi connectivity index (χ3n) is 7.14. The number of nitrogens with zero attached hydrogens (tertiary/aromatic N) is 1. The molecule has 1 saturated carbocycles. The Morgan fingerprint density at radius 1 is 1.16 bits per heavy atom. The van der Waals surface area contributed by atoms with Crippen molar-refractivity contribution in [3.63, 3.8) is 0 Å². The molecular weight excluding hydrogens is 414 g/mol. The first-order valence-corrected chi connectivity index (χ1v) is 12.8. The molecule has 3 fully saturated rings. The van der Waals surface area contributed by atoms with E-state index in [2.05, 4.69) is 12.1 Å². The normalized spacial score (nSPS) is 26.1. The summed E-state index contributed by atoms with van der Waals surface area (Å²) in [5.41, 5.74) is 1.11. The van der Waals surface area contributed by atoms with E-state index < -0.39 is 5.79 Å².